The number of nitrogens with one attached hydrogen (secondary N) is 1. The monoisotopic (exact) mass is 283 g/mol. The molecule has 2 N–H and O–H groups in total. The molecule has 2 atom stereocenters. The molecule has 1 aromatic rings. The van der Waals surface area contributed by atoms with Crippen molar-refractivity contribution >= 4 is 23.3 Å². The summed E-state index contributed by atoms with van der Waals surface area (Å²) in [5, 5.41) is 13.0. The lowest BCUT2D eigenvalue weighted by molar-refractivity contribution is 0.0297. The van der Waals surface area contributed by atoms with Crippen LogP contribution in [-0.4, -0.2) is 47.1 Å². The molecule has 2 rings (SSSR count). The number of aromatic nitrogens is 1. The third-order valence-electron chi connectivity index (χ3n) is 3.47. The second-order valence-electron chi connectivity index (χ2n) is 4.89. The van der Waals surface area contributed by atoms with E-state index < -0.39 is 0 Å². The van der Waals surface area contributed by atoms with Gasteiger partial charge in [-0.25, -0.2) is 4.98 Å². The van der Waals surface area contributed by atoms with E-state index in [0.717, 1.165) is 0 Å². The number of carbonyl (C=O) groups is 1. The Kier molecular flexibility index (Phi) is 4.27. The van der Waals surface area contributed by atoms with E-state index in [9.17, 15) is 9.90 Å². The number of likely N-dealkylation sites (tertiary alicyclic amines) is 1. The van der Waals surface area contributed by atoms with Gasteiger partial charge in [-0.1, -0.05) is 18.5 Å². The zero-order chi connectivity index (χ0) is 14.0. The van der Waals surface area contributed by atoms with Crippen LogP contribution in [0.25, 0.3) is 0 Å². The smallest absolute Gasteiger partial charge is 0.255 e. The molecule has 0 radical (unpaired) electrons. The molecule has 1 aliphatic rings. The number of piperidine rings is 1. The lowest BCUT2D eigenvalue weighted by atomic mass is 9.96. The summed E-state index contributed by atoms with van der Waals surface area (Å²) in [5.41, 5.74) is 0.479. The number of rotatable bonds is 2. The Morgan fingerprint density at radius 3 is 2.95 bits per heavy atom. The molecule has 1 amide bonds. The van der Waals surface area contributed by atoms with Crippen molar-refractivity contribution in [1.29, 1.82) is 0 Å². The highest BCUT2D eigenvalue weighted by atomic mass is 35.5. The Balaban J connectivity index is 2.13. The second-order valence-corrected chi connectivity index (χ2v) is 5.30. The standard InChI is InChI=1S/C13H18ClN3O2/c1-8-7-17(4-3-11(8)18)13(19)9-5-10(14)12(15-2)16-6-9/h5-6,8,11,18H,3-4,7H2,1-2H3,(H,15,16). The van der Waals surface area contributed by atoms with Crippen LogP contribution in [0.15, 0.2) is 12.3 Å². The first-order valence-electron chi connectivity index (χ1n) is 6.33. The summed E-state index contributed by atoms with van der Waals surface area (Å²) in [7, 11) is 1.73. The van der Waals surface area contributed by atoms with E-state index >= 15 is 0 Å². The van der Waals surface area contributed by atoms with Crippen LogP contribution in [-0.2, 0) is 0 Å². The minimum Gasteiger partial charge on any atom is -0.393 e. The molecule has 0 aromatic carbocycles. The van der Waals surface area contributed by atoms with E-state index in [1.807, 2.05) is 6.92 Å². The molecule has 2 unspecified atom stereocenters. The number of amides is 1. The molecule has 6 heteroatoms. The third kappa shape index (κ3) is 2.98. The van der Waals surface area contributed by atoms with Crippen molar-refractivity contribution in [2.75, 3.05) is 25.5 Å². The van der Waals surface area contributed by atoms with Crippen molar-refractivity contribution in [2.24, 2.45) is 5.92 Å². The molecule has 0 spiro atoms. The SMILES string of the molecule is CNc1ncc(C(=O)N2CCC(O)C(C)C2)cc1Cl. The van der Waals surface area contributed by atoms with E-state index in [4.69, 9.17) is 11.6 Å². The Labute approximate surface area is 117 Å². The van der Waals surface area contributed by atoms with E-state index in [1.165, 1.54) is 6.20 Å². The van der Waals surface area contributed by atoms with Gasteiger partial charge in [-0.3, -0.25) is 4.79 Å². The zero-order valence-electron chi connectivity index (χ0n) is 11.1. The van der Waals surface area contributed by atoms with Crippen LogP contribution in [0.2, 0.25) is 5.02 Å². The number of pyridine rings is 1. The summed E-state index contributed by atoms with van der Waals surface area (Å²) in [6.07, 6.45) is 1.82. The molecular weight excluding hydrogens is 266 g/mol. The fourth-order valence-electron chi connectivity index (χ4n) is 2.24. The van der Waals surface area contributed by atoms with Gasteiger partial charge in [0.15, 0.2) is 0 Å². The topological polar surface area (TPSA) is 65.5 Å². The summed E-state index contributed by atoms with van der Waals surface area (Å²) in [6.45, 7) is 3.07. The van der Waals surface area contributed by atoms with Crippen molar-refractivity contribution < 1.29 is 9.90 Å². The third-order valence-corrected chi connectivity index (χ3v) is 3.76. The maximum Gasteiger partial charge on any atom is 0.255 e. The summed E-state index contributed by atoms with van der Waals surface area (Å²) in [6, 6.07) is 1.62. The average Bonchev–Trinajstić information content (AvgIpc) is 2.41. The Morgan fingerprint density at radius 2 is 2.37 bits per heavy atom. The van der Waals surface area contributed by atoms with Gasteiger partial charge in [0.2, 0.25) is 0 Å². The highest BCUT2D eigenvalue weighted by molar-refractivity contribution is 6.33. The van der Waals surface area contributed by atoms with E-state index in [0.29, 0.717) is 35.9 Å². The molecule has 2 heterocycles. The van der Waals surface area contributed by atoms with E-state index in [-0.39, 0.29) is 17.9 Å². The first-order valence-corrected chi connectivity index (χ1v) is 6.71. The molecular formula is C13H18ClN3O2. The molecule has 104 valence electrons. The van der Waals surface area contributed by atoms with Gasteiger partial charge in [0.1, 0.15) is 5.82 Å². The summed E-state index contributed by atoms with van der Waals surface area (Å²) in [4.78, 5) is 18.2. The Bertz CT molecular complexity index is 481. The van der Waals surface area contributed by atoms with Gasteiger partial charge in [0.05, 0.1) is 16.7 Å². The molecule has 1 aromatic heterocycles. The minimum absolute atomic E-state index is 0.0872. The van der Waals surface area contributed by atoms with Gasteiger partial charge in [-0.2, -0.15) is 0 Å². The summed E-state index contributed by atoms with van der Waals surface area (Å²) in [5.74, 6) is 0.564. The molecule has 19 heavy (non-hydrogen) atoms. The first-order chi connectivity index (χ1) is 9.02. The van der Waals surface area contributed by atoms with E-state index in [2.05, 4.69) is 10.3 Å². The van der Waals surface area contributed by atoms with E-state index in [1.54, 1.807) is 18.0 Å². The van der Waals surface area contributed by atoms with Crippen molar-refractivity contribution in [3.05, 3.63) is 22.8 Å². The number of aliphatic hydroxyl groups excluding tert-OH is 1. The van der Waals surface area contributed by atoms with Crippen LogP contribution in [0, 0.1) is 5.92 Å². The predicted molar refractivity (Wildman–Crippen MR) is 74.5 cm³/mol. The molecule has 0 saturated carbocycles. The quantitative estimate of drug-likeness (QED) is 0.866. The normalized spacial score (nSPS) is 23.3. The summed E-state index contributed by atoms with van der Waals surface area (Å²) >= 11 is 6.03. The first kappa shape index (κ1) is 14.1. The number of hydrogen-bond acceptors (Lipinski definition) is 4. The minimum atomic E-state index is -0.322. The van der Waals surface area contributed by atoms with Crippen LogP contribution in [0.3, 0.4) is 0 Å². The van der Waals surface area contributed by atoms with Crippen molar-refractivity contribution in [1.82, 2.24) is 9.88 Å². The maximum atomic E-state index is 12.3. The van der Waals surface area contributed by atoms with Crippen LogP contribution in [0.5, 0.6) is 0 Å². The van der Waals surface area contributed by atoms with Gasteiger partial charge in [-0.05, 0) is 18.4 Å². The lowest BCUT2D eigenvalue weighted by Gasteiger charge is -2.34. The molecule has 0 bridgehead atoms. The largest absolute Gasteiger partial charge is 0.393 e. The van der Waals surface area contributed by atoms with Crippen LogP contribution >= 0.6 is 11.6 Å². The fourth-order valence-corrected chi connectivity index (χ4v) is 2.50. The number of carbonyl (C=O) groups excluding carboxylic acids is 1. The van der Waals surface area contributed by atoms with Crippen molar-refractivity contribution in [2.45, 2.75) is 19.4 Å². The number of nitrogens with zero attached hydrogens (tertiary/aromatic N) is 2. The van der Waals surface area contributed by atoms with Gasteiger partial charge >= 0.3 is 0 Å². The maximum absolute atomic E-state index is 12.3. The molecule has 1 fully saturated rings. The number of hydrogen-bond donors (Lipinski definition) is 2. The summed E-state index contributed by atoms with van der Waals surface area (Å²) < 4.78 is 0. The second kappa shape index (κ2) is 5.75. The van der Waals surface area contributed by atoms with Crippen molar-refractivity contribution in [3.63, 3.8) is 0 Å². The fraction of sp³-hybridized carbons (Fsp3) is 0.538. The highest BCUT2D eigenvalue weighted by Gasteiger charge is 2.28. The van der Waals surface area contributed by atoms with Gasteiger partial charge in [0, 0.05) is 26.3 Å². The Morgan fingerprint density at radius 1 is 1.63 bits per heavy atom. The van der Waals surface area contributed by atoms with Crippen LogP contribution < -0.4 is 5.32 Å². The van der Waals surface area contributed by atoms with Gasteiger partial charge in [0.25, 0.3) is 5.91 Å². The zero-order valence-corrected chi connectivity index (χ0v) is 11.8. The van der Waals surface area contributed by atoms with Gasteiger partial charge in [-0.15, -0.1) is 0 Å². The Hall–Kier alpha value is -1.33. The number of aliphatic hydroxyl groups is 1. The lowest BCUT2D eigenvalue weighted by Crippen LogP contribution is -2.45. The molecule has 1 aliphatic heterocycles. The average molecular weight is 284 g/mol. The predicted octanol–water partition coefficient (Wildman–Crippen LogP) is 1.62. The van der Waals surface area contributed by atoms with Crippen molar-refractivity contribution in [3.8, 4) is 0 Å². The van der Waals surface area contributed by atoms with Crippen LogP contribution in [0.4, 0.5) is 5.82 Å². The molecule has 0 aliphatic carbocycles. The number of anilines is 1. The molecule has 5 nitrogen and oxygen atoms in total. The molecule has 1 saturated heterocycles. The highest BCUT2D eigenvalue weighted by Crippen LogP contribution is 2.22. The number of halogens is 1. The van der Waals surface area contributed by atoms with Crippen LogP contribution in [0.1, 0.15) is 23.7 Å². The van der Waals surface area contributed by atoms with Gasteiger partial charge < -0.3 is 15.3 Å².